The number of hydrogen-bond acceptors (Lipinski definition) is 1. The maximum atomic E-state index is 5.10. The second kappa shape index (κ2) is 3.59. The van der Waals surface area contributed by atoms with Gasteiger partial charge in [0.15, 0.2) is 0 Å². The van der Waals surface area contributed by atoms with Crippen molar-refractivity contribution >= 4 is 31.9 Å². The van der Waals surface area contributed by atoms with Gasteiger partial charge in [-0.3, -0.25) is 0 Å². The molecule has 0 aliphatic carbocycles. The molecule has 1 rings (SSSR count). The molecule has 11 heavy (non-hydrogen) atoms. The highest BCUT2D eigenvalue weighted by Crippen LogP contribution is 2.34. The van der Waals surface area contributed by atoms with Crippen LogP contribution in [0.25, 0.3) is 0 Å². The van der Waals surface area contributed by atoms with E-state index in [0.29, 0.717) is 0 Å². The molecule has 0 aliphatic heterocycles. The summed E-state index contributed by atoms with van der Waals surface area (Å²) in [5.74, 6) is 0.850. The molecule has 0 aliphatic rings. The number of halogens is 2. The minimum atomic E-state index is 0.850. The molecule has 0 saturated carbocycles. The van der Waals surface area contributed by atoms with Crippen molar-refractivity contribution in [3.8, 4) is 5.75 Å². The van der Waals surface area contributed by atoms with E-state index >= 15 is 0 Å². The minimum Gasteiger partial charge on any atom is -0.496 e. The molecule has 0 aromatic heterocycles. The van der Waals surface area contributed by atoms with Crippen LogP contribution in [0.3, 0.4) is 0 Å². The van der Waals surface area contributed by atoms with E-state index in [1.807, 2.05) is 19.1 Å². The molecule has 0 radical (unpaired) electrons. The Balaban J connectivity index is 3.25. The molecule has 0 spiro atoms. The van der Waals surface area contributed by atoms with E-state index in [1.54, 1.807) is 7.11 Å². The third-order valence-electron chi connectivity index (χ3n) is 1.46. The Hall–Kier alpha value is -0.0200. The second-order valence-electron chi connectivity index (χ2n) is 2.21. The Bertz CT molecular complexity index is 271. The molecule has 0 unspecified atom stereocenters. The molecule has 3 heteroatoms. The average molecular weight is 280 g/mol. The first kappa shape index (κ1) is 9.07. The van der Waals surface area contributed by atoms with Gasteiger partial charge < -0.3 is 4.74 Å². The average Bonchev–Trinajstić information content (AvgIpc) is 2.01. The third-order valence-corrected chi connectivity index (χ3v) is 3.80. The summed E-state index contributed by atoms with van der Waals surface area (Å²) in [5.41, 5.74) is 1.19. The predicted molar refractivity (Wildman–Crippen MR) is 53.1 cm³/mol. The van der Waals surface area contributed by atoms with Gasteiger partial charge in [0.2, 0.25) is 0 Å². The van der Waals surface area contributed by atoms with E-state index in [9.17, 15) is 0 Å². The summed E-state index contributed by atoms with van der Waals surface area (Å²) < 4.78 is 7.13. The number of ether oxygens (including phenoxy) is 1. The van der Waals surface area contributed by atoms with Gasteiger partial charge in [-0.15, -0.1) is 0 Å². The van der Waals surface area contributed by atoms with E-state index in [2.05, 4.69) is 31.9 Å². The number of methoxy groups -OCH3 is 1. The van der Waals surface area contributed by atoms with Crippen molar-refractivity contribution in [2.24, 2.45) is 0 Å². The Morgan fingerprint density at radius 1 is 1.18 bits per heavy atom. The summed E-state index contributed by atoms with van der Waals surface area (Å²) >= 11 is 6.86. The number of rotatable bonds is 1. The minimum absolute atomic E-state index is 0.850. The largest absolute Gasteiger partial charge is 0.496 e. The van der Waals surface area contributed by atoms with Gasteiger partial charge in [0, 0.05) is 4.47 Å². The lowest BCUT2D eigenvalue weighted by Gasteiger charge is -2.06. The molecule has 60 valence electrons. The Morgan fingerprint density at radius 3 is 2.36 bits per heavy atom. The van der Waals surface area contributed by atoms with Gasteiger partial charge in [0.05, 0.1) is 11.6 Å². The summed E-state index contributed by atoms with van der Waals surface area (Å²) in [4.78, 5) is 0. The lowest BCUT2D eigenvalue weighted by Crippen LogP contribution is -1.86. The highest BCUT2D eigenvalue weighted by molar-refractivity contribution is 9.13. The molecule has 1 aromatic carbocycles. The van der Waals surface area contributed by atoms with Gasteiger partial charge in [0.1, 0.15) is 5.75 Å². The van der Waals surface area contributed by atoms with Crippen LogP contribution in [0.15, 0.2) is 21.1 Å². The summed E-state index contributed by atoms with van der Waals surface area (Å²) in [6, 6.07) is 3.94. The van der Waals surface area contributed by atoms with Gasteiger partial charge in [-0.1, -0.05) is 6.07 Å². The van der Waals surface area contributed by atoms with Crippen LogP contribution in [0.2, 0.25) is 0 Å². The van der Waals surface area contributed by atoms with Gasteiger partial charge in [0.25, 0.3) is 0 Å². The van der Waals surface area contributed by atoms with Crippen molar-refractivity contribution in [1.82, 2.24) is 0 Å². The van der Waals surface area contributed by atoms with Crippen molar-refractivity contribution in [3.63, 3.8) is 0 Å². The zero-order chi connectivity index (χ0) is 8.43. The van der Waals surface area contributed by atoms with Gasteiger partial charge in [-0.2, -0.15) is 0 Å². The number of hydrogen-bond donors (Lipinski definition) is 0. The first-order valence-corrected chi connectivity index (χ1v) is 4.74. The van der Waals surface area contributed by atoms with Crippen LogP contribution in [0, 0.1) is 6.92 Å². The Kier molecular flexibility index (Phi) is 2.96. The smallest absolute Gasteiger partial charge is 0.134 e. The quantitative estimate of drug-likeness (QED) is 0.764. The van der Waals surface area contributed by atoms with Crippen LogP contribution in [-0.2, 0) is 0 Å². The Morgan fingerprint density at radius 2 is 1.82 bits per heavy atom. The topological polar surface area (TPSA) is 9.23 Å². The molecular formula is C8H8Br2O. The molecule has 0 fully saturated rings. The monoisotopic (exact) mass is 278 g/mol. The van der Waals surface area contributed by atoms with Gasteiger partial charge in [-0.05, 0) is 50.4 Å². The Labute approximate surface area is 83.0 Å². The highest BCUT2D eigenvalue weighted by Gasteiger charge is 2.05. The van der Waals surface area contributed by atoms with E-state index < -0.39 is 0 Å². The zero-order valence-corrected chi connectivity index (χ0v) is 9.49. The number of benzene rings is 1. The van der Waals surface area contributed by atoms with Gasteiger partial charge >= 0.3 is 0 Å². The molecule has 1 nitrogen and oxygen atoms in total. The first-order chi connectivity index (χ1) is 5.16. The third kappa shape index (κ3) is 1.76. The van der Waals surface area contributed by atoms with E-state index in [-0.39, 0.29) is 0 Å². The fraction of sp³-hybridized carbons (Fsp3) is 0.250. The normalized spacial score (nSPS) is 9.82. The maximum Gasteiger partial charge on any atom is 0.134 e. The van der Waals surface area contributed by atoms with Crippen molar-refractivity contribution in [2.75, 3.05) is 7.11 Å². The standard InChI is InChI=1S/C8H8Br2O/c1-5-3-4-6(11-2)8(10)7(5)9/h3-4H,1-2H3. The molecule has 0 bridgehead atoms. The number of aryl methyl sites for hydroxylation is 1. The van der Waals surface area contributed by atoms with Crippen molar-refractivity contribution in [1.29, 1.82) is 0 Å². The fourth-order valence-electron chi connectivity index (χ4n) is 0.786. The van der Waals surface area contributed by atoms with Crippen molar-refractivity contribution < 1.29 is 4.74 Å². The lowest BCUT2D eigenvalue weighted by molar-refractivity contribution is 0.411. The van der Waals surface area contributed by atoms with Crippen LogP contribution in [0.1, 0.15) is 5.56 Å². The molecule has 0 saturated heterocycles. The molecule has 1 aromatic rings. The van der Waals surface area contributed by atoms with Crippen LogP contribution in [0.5, 0.6) is 5.75 Å². The van der Waals surface area contributed by atoms with Crippen LogP contribution < -0.4 is 4.74 Å². The van der Waals surface area contributed by atoms with Crippen LogP contribution in [0.4, 0.5) is 0 Å². The van der Waals surface area contributed by atoms with Crippen molar-refractivity contribution in [3.05, 3.63) is 26.6 Å². The van der Waals surface area contributed by atoms with Crippen LogP contribution in [-0.4, -0.2) is 7.11 Å². The summed E-state index contributed by atoms with van der Waals surface area (Å²) in [6.07, 6.45) is 0. The molecular weight excluding hydrogens is 272 g/mol. The first-order valence-electron chi connectivity index (χ1n) is 3.15. The predicted octanol–water partition coefficient (Wildman–Crippen LogP) is 3.53. The van der Waals surface area contributed by atoms with Crippen molar-refractivity contribution in [2.45, 2.75) is 6.92 Å². The maximum absolute atomic E-state index is 5.10. The molecule has 0 heterocycles. The second-order valence-corrected chi connectivity index (χ2v) is 3.80. The SMILES string of the molecule is COc1ccc(C)c(Br)c1Br. The van der Waals surface area contributed by atoms with E-state index in [0.717, 1.165) is 14.7 Å². The zero-order valence-electron chi connectivity index (χ0n) is 6.32. The summed E-state index contributed by atoms with van der Waals surface area (Å²) in [6.45, 7) is 2.04. The fourth-order valence-corrected chi connectivity index (χ4v) is 1.72. The summed E-state index contributed by atoms with van der Waals surface area (Å²) in [5, 5.41) is 0. The van der Waals surface area contributed by atoms with Gasteiger partial charge in [-0.25, -0.2) is 0 Å². The molecule has 0 N–H and O–H groups in total. The lowest BCUT2D eigenvalue weighted by atomic mass is 10.2. The highest BCUT2D eigenvalue weighted by atomic mass is 79.9. The summed E-state index contributed by atoms with van der Waals surface area (Å²) in [7, 11) is 1.65. The van der Waals surface area contributed by atoms with Crippen LogP contribution >= 0.6 is 31.9 Å². The molecule has 0 atom stereocenters. The van der Waals surface area contributed by atoms with E-state index in [1.165, 1.54) is 5.56 Å². The van der Waals surface area contributed by atoms with E-state index in [4.69, 9.17) is 4.74 Å². The molecule has 0 amide bonds.